The van der Waals surface area contributed by atoms with E-state index in [-0.39, 0.29) is 5.88 Å². The van der Waals surface area contributed by atoms with Crippen LogP contribution in [0.2, 0.25) is 0 Å². The van der Waals surface area contributed by atoms with Crippen molar-refractivity contribution in [1.29, 1.82) is 0 Å². The van der Waals surface area contributed by atoms with E-state index >= 15 is 0 Å². The number of rotatable bonds is 4. The standard InChI is InChI=1S/C20H20FN3OS/c1-12-8-15(19-16(9-12)24-18(11-22-19)25-13(2)21)20-23-10-17(26-20)14-6-4-3-5-7-14/h6,8-11,13H,3-5,7H2,1-2H3. The number of thiazole rings is 1. The topological polar surface area (TPSA) is 47.9 Å². The molecule has 2 heterocycles. The highest BCUT2D eigenvalue weighted by Crippen LogP contribution is 2.36. The maximum absolute atomic E-state index is 13.1. The molecule has 0 bridgehead atoms. The molecule has 134 valence electrons. The van der Waals surface area contributed by atoms with Gasteiger partial charge in [0, 0.05) is 18.7 Å². The van der Waals surface area contributed by atoms with E-state index in [1.807, 2.05) is 19.2 Å². The molecule has 4 rings (SSSR count). The molecule has 0 fully saturated rings. The maximum atomic E-state index is 13.1. The highest BCUT2D eigenvalue weighted by atomic mass is 32.1. The second kappa shape index (κ2) is 7.11. The van der Waals surface area contributed by atoms with Gasteiger partial charge in [0.1, 0.15) is 5.01 Å². The van der Waals surface area contributed by atoms with Gasteiger partial charge in [-0.25, -0.2) is 19.3 Å². The molecule has 1 aromatic carbocycles. The van der Waals surface area contributed by atoms with Crippen LogP contribution < -0.4 is 4.74 Å². The molecule has 1 aliphatic carbocycles. The number of benzene rings is 1. The fraction of sp³-hybridized carbons (Fsp3) is 0.350. The first kappa shape index (κ1) is 17.1. The molecule has 1 aliphatic rings. The number of fused-ring (bicyclic) bond motifs is 1. The smallest absolute Gasteiger partial charge is 0.237 e. The largest absolute Gasteiger partial charge is 0.442 e. The Kier molecular flexibility index (Phi) is 4.68. The number of ether oxygens (including phenoxy) is 1. The number of nitrogens with zero attached hydrogens (tertiary/aromatic N) is 3. The van der Waals surface area contributed by atoms with Crippen LogP contribution in [-0.4, -0.2) is 21.3 Å². The van der Waals surface area contributed by atoms with Gasteiger partial charge in [-0.3, -0.25) is 0 Å². The van der Waals surface area contributed by atoms with Crippen LogP contribution in [-0.2, 0) is 0 Å². The zero-order chi connectivity index (χ0) is 18.1. The summed E-state index contributed by atoms with van der Waals surface area (Å²) in [6.07, 6.45) is 9.13. The highest BCUT2D eigenvalue weighted by molar-refractivity contribution is 7.16. The molecule has 0 saturated heterocycles. The Labute approximate surface area is 155 Å². The van der Waals surface area contributed by atoms with Gasteiger partial charge in [0.15, 0.2) is 0 Å². The fourth-order valence-corrected chi connectivity index (χ4v) is 4.24. The van der Waals surface area contributed by atoms with Gasteiger partial charge in [0.25, 0.3) is 0 Å². The highest BCUT2D eigenvalue weighted by Gasteiger charge is 2.15. The van der Waals surface area contributed by atoms with Gasteiger partial charge < -0.3 is 4.74 Å². The Balaban J connectivity index is 1.76. The molecule has 0 aliphatic heterocycles. The predicted octanol–water partition coefficient (Wildman–Crippen LogP) is 5.71. The minimum Gasteiger partial charge on any atom is -0.442 e. The Morgan fingerprint density at radius 3 is 2.85 bits per heavy atom. The number of alkyl halides is 1. The van der Waals surface area contributed by atoms with E-state index < -0.39 is 6.36 Å². The summed E-state index contributed by atoms with van der Waals surface area (Å²) >= 11 is 1.69. The van der Waals surface area contributed by atoms with Gasteiger partial charge >= 0.3 is 0 Å². The molecule has 2 aromatic heterocycles. The summed E-state index contributed by atoms with van der Waals surface area (Å²) in [4.78, 5) is 14.7. The quantitative estimate of drug-likeness (QED) is 0.591. The predicted molar refractivity (Wildman–Crippen MR) is 103 cm³/mol. The molecule has 4 nitrogen and oxygen atoms in total. The zero-order valence-corrected chi connectivity index (χ0v) is 15.6. The van der Waals surface area contributed by atoms with Crippen molar-refractivity contribution in [3.63, 3.8) is 0 Å². The number of allylic oxidation sites excluding steroid dienone is 2. The summed E-state index contributed by atoms with van der Waals surface area (Å²) in [7, 11) is 0. The molecule has 0 amide bonds. The summed E-state index contributed by atoms with van der Waals surface area (Å²) in [5.74, 6) is 0.191. The number of aromatic nitrogens is 3. The summed E-state index contributed by atoms with van der Waals surface area (Å²) in [6, 6.07) is 4.01. The number of hydrogen-bond donors (Lipinski definition) is 0. The van der Waals surface area contributed by atoms with E-state index in [0.717, 1.165) is 34.5 Å². The third kappa shape index (κ3) is 3.46. The van der Waals surface area contributed by atoms with Crippen LogP contribution in [0.4, 0.5) is 4.39 Å². The van der Waals surface area contributed by atoms with Crippen LogP contribution in [0, 0.1) is 6.92 Å². The third-order valence-electron chi connectivity index (χ3n) is 4.40. The Bertz CT molecular complexity index is 980. The molecule has 0 radical (unpaired) electrons. The molecule has 1 unspecified atom stereocenters. The molecule has 0 N–H and O–H groups in total. The monoisotopic (exact) mass is 369 g/mol. The first-order chi connectivity index (χ1) is 12.6. The Morgan fingerprint density at radius 2 is 2.08 bits per heavy atom. The van der Waals surface area contributed by atoms with Crippen LogP contribution in [0.3, 0.4) is 0 Å². The second-order valence-corrected chi connectivity index (χ2v) is 7.58. The van der Waals surface area contributed by atoms with E-state index in [1.54, 1.807) is 11.3 Å². The lowest BCUT2D eigenvalue weighted by Gasteiger charge is -2.10. The average Bonchev–Trinajstić information content (AvgIpc) is 3.11. The zero-order valence-electron chi connectivity index (χ0n) is 14.8. The fourth-order valence-electron chi connectivity index (χ4n) is 3.24. The van der Waals surface area contributed by atoms with Crippen LogP contribution >= 0.6 is 11.3 Å². The molecule has 0 spiro atoms. The normalized spacial score (nSPS) is 15.7. The minimum atomic E-state index is -1.42. The Morgan fingerprint density at radius 1 is 1.19 bits per heavy atom. The van der Waals surface area contributed by atoms with E-state index in [9.17, 15) is 4.39 Å². The molecule has 0 saturated carbocycles. The summed E-state index contributed by atoms with van der Waals surface area (Å²) in [5.41, 5.74) is 4.86. The van der Waals surface area contributed by atoms with Crippen molar-refractivity contribution in [1.82, 2.24) is 15.0 Å². The van der Waals surface area contributed by atoms with Crippen molar-refractivity contribution >= 4 is 27.9 Å². The maximum Gasteiger partial charge on any atom is 0.237 e. The first-order valence-electron chi connectivity index (χ1n) is 8.84. The van der Waals surface area contributed by atoms with E-state index in [0.29, 0.717) is 5.52 Å². The van der Waals surface area contributed by atoms with Crippen LogP contribution in [0.25, 0.3) is 27.2 Å². The number of aryl methyl sites for hydroxylation is 1. The molecule has 3 aromatic rings. The van der Waals surface area contributed by atoms with Crippen molar-refractivity contribution in [3.05, 3.63) is 41.0 Å². The molecule has 6 heteroatoms. The van der Waals surface area contributed by atoms with Crippen LogP contribution in [0.1, 0.15) is 43.0 Å². The van der Waals surface area contributed by atoms with E-state index in [4.69, 9.17) is 4.74 Å². The van der Waals surface area contributed by atoms with Crippen molar-refractivity contribution in [3.8, 4) is 16.5 Å². The summed E-state index contributed by atoms with van der Waals surface area (Å²) in [5, 5.41) is 0.932. The van der Waals surface area contributed by atoms with E-state index in [2.05, 4.69) is 27.1 Å². The van der Waals surface area contributed by atoms with Crippen molar-refractivity contribution < 1.29 is 9.13 Å². The van der Waals surface area contributed by atoms with Gasteiger partial charge in [0.05, 0.1) is 22.1 Å². The van der Waals surface area contributed by atoms with Crippen molar-refractivity contribution in [2.75, 3.05) is 0 Å². The van der Waals surface area contributed by atoms with Gasteiger partial charge in [-0.05, 0) is 55.9 Å². The van der Waals surface area contributed by atoms with Crippen LogP contribution in [0.5, 0.6) is 5.88 Å². The number of hydrogen-bond acceptors (Lipinski definition) is 5. The molecule has 1 atom stereocenters. The lowest BCUT2D eigenvalue weighted by atomic mass is 9.99. The van der Waals surface area contributed by atoms with Crippen molar-refractivity contribution in [2.45, 2.75) is 45.9 Å². The van der Waals surface area contributed by atoms with Crippen LogP contribution in [0.15, 0.2) is 30.6 Å². The second-order valence-electron chi connectivity index (χ2n) is 6.55. The lowest BCUT2D eigenvalue weighted by molar-refractivity contribution is 0.0809. The lowest BCUT2D eigenvalue weighted by Crippen LogP contribution is -2.05. The van der Waals surface area contributed by atoms with E-state index in [1.165, 1.54) is 36.4 Å². The average molecular weight is 369 g/mol. The van der Waals surface area contributed by atoms with Crippen molar-refractivity contribution in [2.24, 2.45) is 0 Å². The Hall–Kier alpha value is -2.34. The molecule has 26 heavy (non-hydrogen) atoms. The summed E-state index contributed by atoms with van der Waals surface area (Å²) < 4.78 is 18.1. The van der Waals surface area contributed by atoms with Gasteiger partial charge in [-0.1, -0.05) is 6.08 Å². The SMILES string of the molecule is Cc1cc(-c2ncc(C3=CCCCC3)s2)c2ncc(OC(C)F)nc2c1. The minimum absolute atomic E-state index is 0.191. The van der Waals surface area contributed by atoms with Gasteiger partial charge in [-0.15, -0.1) is 11.3 Å². The van der Waals surface area contributed by atoms with Gasteiger partial charge in [-0.2, -0.15) is 0 Å². The van der Waals surface area contributed by atoms with Gasteiger partial charge in [0.2, 0.25) is 12.2 Å². The summed E-state index contributed by atoms with van der Waals surface area (Å²) in [6.45, 7) is 3.33. The first-order valence-corrected chi connectivity index (χ1v) is 9.65. The molecular formula is C20H20FN3OS. The number of halogens is 1. The molecular weight excluding hydrogens is 349 g/mol. The third-order valence-corrected chi connectivity index (χ3v) is 5.50.